The molecule has 0 spiro atoms. The van der Waals surface area contributed by atoms with Crippen LogP contribution in [0.25, 0.3) is 10.8 Å². The third-order valence-corrected chi connectivity index (χ3v) is 7.08. The lowest BCUT2D eigenvalue weighted by Crippen LogP contribution is -2.30. The molecule has 0 fully saturated rings. The smallest absolute Gasteiger partial charge is 0.241 e. The number of methoxy groups -OCH3 is 4. The molecule has 1 N–H and O–H groups in total. The number of fused-ring (bicyclic) bond motifs is 1. The molecule has 3 aromatic carbocycles. The van der Waals surface area contributed by atoms with E-state index in [1.54, 1.807) is 82.1 Å². The molecule has 4 aromatic rings. The van der Waals surface area contributed by atoms with Crippen LogP contribution in [0.4, 0.5) is 0 Å². The van der Waals surface area contributed by atoms with Gasteiger partial charge in [-0.25, -0.2) is 8.42 Å². The minimum absolute atomic E-state index is 0.143. The van der Waals surface area contributed by atoms with Crippen LogP contribution < -0.4 is 23.7 Å². The van der Waals surface area contributed by atoms with E-state index < -0.39 is 16.1 Å². The highest BCUT2D eigenvalue weighted by Gasteiger charge is 2.27. The summed E-state index contributed by atoms with van der Waals surface area (Å²) >= 11 is 0. The van der Waals surface area contributed by atoms with Crippen molar-refractivity contribution in [1.82, 2.24) is 9.71 Å². The fourth-order valence-electron chi connectivity index (χ4n) is 3.89. The van der Waals surface area contributed by atoms with Crippen molar-refractivity contribution in [1.29, 1.82) is 0 Å². The van der Waals surface area contributed by atoms with Crippen LogP contribution in [0.3, 0.4) is 0 Å². The predicted molar refractivity (Wildman–Crippen MR) is 133 cm³/mol. The van der Waals surface area contributed by atoms with Crippen LogP contribution in [-0.2, 0) is 10.0 Å². The number of rotatable bonds is 9. The molecule has 0 saturated heterocycles. The number of benzene rings is 3. The van der Waals surface area contributed by atoms with E-state index in [1.165, 1.54) is 7.11 Å². The average molecular weight is 495 g/mol. The van der Waals surface area contributed by atoms with Crippen LogP contribution >= 0.6 is 0 Å². The molecule has 4 rings (SSSR count). The van der Waals surface area contributed by atoms with Gasteiger partial charge in [-0.05, 0) is 53.4 Å². The maximum Gasteiger partial charge on any atom is 0.241 e. The quantitative estimate of drug-likeness (QED) is 0.370. The fraction of sp³-hybridized carbons (Fsp3) is 0.192. The summed E-state index contributed by atoms with van der Waals surface area (Å²) in [6, 6.07) is 18.0. The minimum Gasteiger partial charge on any atom is -0.493 e. The largest absolute Gasteiger partial charge is 0.493 e. The Morgan fingerprint density at radius 2 is 1.37 bits per heavy atom. The van der Waals surface area contributed by atoms with Crippen LogP contribution in [0.2, 0.25) is 0 Å². The number of nitrogens with zero attached hydrogens (tertiary/aromatic N) is 1. The average Bonchev–Trinajstić information content (AvgIpc) is 2.90. The molecule has 1 atom stereocenters. The van der Waals surface area contributed by atoms with Crippen LogP contribution in [0.15, 0.2) is 77.8 Å². The Hall–Kier alpha value is -3.82. The van der Waals surface area contributed by atoms with Crippen LogP contribution in [0.5, 0.6) is 23.0 Å². The third-order valence-electron chi connectivity index (χ3n) is 5.64. The van der Waals surface area contributed by atoms with Gasteiger partial charge in [0.2, 0.25) is 10.0 Å². The van der Waals surface area contributed by atoms with Gasteiger partial charge in [-0.15, -0.1) is 0 Å². The van der Waals surface area contributed by atoms with E-state index >= 15 is 0 Å². The summed E-state index contributed by atoms with van der Waals surface area (Å²) in [5.41, 5.74) is 1.12. The summed E-state index contributed by atoms with van der Waals surface area (Å²) in [5.74, 6) is 2.06. The molecule has 0 aliphatic rings. The molecular weight excluding hydrogens is 468 g/mol. The molecule has 9 heteroatoms. The number of sulfonamides is 1. The summed E-state index contributed by atoms with van der Waals surface area (Å²) in [7, 11) is 2.27. The summed E-state index contributed by atoms with van der Waals surface area (Å²) in [6.07, 6.45) is 1.63. The molecule has 8 nitrogen and oxygen atoms in total. The molecule has 0 radical (unpaired) electrons. The molecule has 1 heterocycles. The van der Waals surface area contributed by atoms with Gasteiger partial charge in [-0.2, -0.15) is 4.72 Å². The lowest BCUT2D eigenvalue weighted by atomic mass is 9.98. The lowest BCUT2D eigenvalue weighted by Gasteiger charge is -2.22. The molecular formula is C26H26N2O6S. The molecule has 0 amide bonds. The van der Waals surface area contributed by atoms with E-state index in [0.29, 0.717) is 39.6 Å². The lowest BCUT2D eigenvalue weighted by molar-refractivity contribution is 0.354. The number of aromatic nitrogens is 1. The second kappa shape index (κ2) is 10.2. The zero-order valence-electron chi connectivity index (χ0n) is 19.8. The van der Waals surface area contributed by atoms with Gasteiger partial charge in [-0.1, -0.05) is 24.3 Å². The molecule has 1 aromatic heterocycles. The van der Waals surface area contributed by atoms with Gasteiger partial charge in [0.1, 0.15) is 0 Å². The van der Waals surface area contributed by atoms with Crippen molar-refractivity contribution in [3.8, 4) is 23.0 Å². The zero-order chi connectivity index (χ0) is 25.0. The van der Waals surface area contributed by atoms with Crippen molar-refractivity contribution in [2.45, 2.75) is 10.9 Å². The van der Waals surface area contributed by atoms with Gasteiger partial charge in [0.25, 0.3) is 0 Å². The first kappa shape index (κ1) is 24.3. The van der Waals surface area contributed by atoms with Crippen molar-refractivity contribution in [3.63, 3.8) is 0 Å². The summed E-state index contributed by atoms with van der Waals surface area (Å²) < 4.78 is 51.4. The van der Waals surface area contributed by atoms with E-state index in [9.17, 15) is 8.42 Å². The Labute approximate surface area is 204 Å². The van der Waals surface area contributed by atoms with Crippen molar-refractivity contribution in [2.75, 3.05) is 28.4 Å². The van der Waals surface area contributed by atoms with Crippen molar-refractivity contribution >= 4 is 20.8 Å². The van der Waals surface area contributed by atoms with Gasteiger partial charge in [0, 0.05) is 11.6 Å². The minimum atomic E-state index is -3.91. The topological polar surface area (TPSA) is 96.0 Å². The van der Waals surface area contributed by atoms with E-state index in [1.807, 2.05) is 12.1 Å². The highest BCUT2D eigenvalue weighted by molar-refractivity contribution is 7.89. The first-order valence-electron chi connectivity index (χ1n) is 10.7. The molecule has 0 bridgehead atoms. The molecule has 1 unspecified atom stereocenters. The molecule has 35 heavy (non-hydrogen) atoms. The van der Waals surface area contributed by atoms with Crippen molar-refractivity contribution in [3.05, 3.63) is 84.2 Å². The third kappa shape index (κ3) is 4.87. The van der Waals surface area contributed by atoms with Crippen LogP contribution in [-0.4, -0.2) is 41.8 Å². The molecule has 0 aliphatic carbocycles. The highest BCUT2D eigenvalue weighted by atomic mass is 32.2. The summed E-state index contributed by atoms with van der Waals surface area (Å²) in [6.45, 7) is 0. The maximum absolute atomic E-state index is 13.4. The SMILES string of the molecule is COc1ccc(C(NS(=O)(=O)c2ccccc2)c2nccc3cc(OC)c(OC)cc23)cc1OC. The molecule has 182 valence electrons. The second-order valence-electron chi connectivity index (χ2n) is 7.61. The van der Waals surface area contributed by atoms with Gasteiger partial charge >= 0.3 is 0 Å². The zero-order valence-corrected chi connectivity index (χ0v) is 20.6. The number of pyridine rings is 1. The van der Waals surface area contributed by atoms with Gasteiger partial charge in [0.05, 0.1) is 45.1 Å². The van der Waals surface area contributed by atoms with Gasteiger partial charge in [0.15, 0.2) is 23.0 Å². The van der Waals surface area contributed by atoms with E-state index in [-0.39, 0.29) is 4.90 Å². The predicted octanol–water partition coefficient (Wildman–Crippen LogP) is 4.34. The van der Waals surface area contributed by atoms with E-state index in [0.717, 1.165) is 5.39 Å². The normalized spacial score (nSPS) is 12.2. The fourth-order valence-corrected chi connectivity index (χ4v) is 5.10. The van der Waals surface area contributed by atoms with Gasteiger partial charge in [-0.3, -0.25) is 4.98 Å². The number of ether oxygens (including phenoxy) is 4. The van der Waals surface area contributed by atoms with E-state index in [2.05, 4.69) is 9.71 Å². The molecule has 0 saturated carbocycles. The monoisotopic (exact) mass is 494 g/mol. The maximum atomic E-state index is 13.4. The van der Waals surface area contributed by atoms with Crippen LogP contribution in [0, 0.1) is 0 Å². The summed E-state index contributed by atoms with van der Waals surface area (Å²) in [5, 5.41) is 1.53. The first-order valence-corrected chi connectivity index (χ1v) is 12.2. The Balaban J connectivity index is 1.94. The number of nitrogens with one attached hydrogen (secondary N) is 1. The van der Waals surface area contributed by atoms with Crippen LogP contribution in [0.1, 0.15) is 17.3 Å². The first-order chi connectivity index (χ1) is 16.9. The van der Waals surface area contributed by atoms with Gasteiger partial charge < -0.3 is 18.9 Å². The van der Waals surface area contributed by atoms with Crippen molar-refractivity contribution < 1.29 is 27.4 Å². The second-order valence-corrected chi connectivity index (χ2v) is 9.32. The standard InChI is InChI=1S/C26H26N2O6S/c1-31-21-11-10-18(15-22(21)32-2)25(28-35(29,30)19-8-6-5-7-9-19)26-20-16-24(34-4)23(33-3)14-17(20)12-13-27-26/h5-16,25,28H,1-4H3. The number of hydrogen-bond acceptors (Lipinski definition) is 7. The van der Waals surface area contributed by atoms with E-state index in [4.69, 9.17) is 18.9 Å². The number of hydrogen-bond donors (Lipinski definition) is 1. The van der Waals surface area contributed by atoms with Crippen molar-refractivity contribution in [2.24, 2.45) is 0 Å². The summed E-state index contributed by atoms with van der Waals surface area (Å²) in [4.78, 5) is 4.74. The highest BCUT2D eigenvalue weighted by Crippen LogP contribution is 2.38. The Morgan fingerprint density at radius 1 is 0.743 bits per heavy atom. The molecule has 0 aliphatic heterocycles. The Kier molecular flexibility index (Phi) is 7.09. The Bertz CT molecular complexity index is 1440. The Morgan fingerprint density at radius 3 is 2.03 bits per heavy atom.